The third kappa shape index (κ3) is 3.19. The van der Waals surface area contributed by atoms with Gasteiger partial charge < -0.3 is 10.4 Å². The van der Waals surface area contributed by atoms with E-state index in [0.717, 1.165) is 5.56 Å². The number of nitrogens with one attached hydrogen (secondary N) is 1. The Morgan fingerprint density at radius 1 is 1.30 bits per heavy atom. The molecule has 5 nitrogen and oxygen atoms in total. The van der Waals surface area contributed by atoms with Crippen molar-refractivity contribution in [2.45, 2.75) is 13.0 Å². The maximum absolute atomic E-state index is 10.6. The Labute approximate surface area is 121 Å². The average Bonchev–Trinajstić information content (AvgIpc) is 2.40. The second kappa shape index (κ2) is 5.79. The van der Waals surface area contributed by atoms with Crippen molar-refractivity contribution in [2.24, 2.45) is 0 Å². The van der Waals surface area contributed by atoms with Crippen molar-refractivity contribution < 1.29 is 10.0 Å². The van der Waals surface area contributed by atoms with Crippen molar-refractivity contribution in [3.63, 3.8) is 0 Å². The van der Waals surface area contributed by atoms with E-state index in [2.05, 4.69) is 5.32 Å². The van der Waals surface area contributed by atoms with Gasteiger partial charge in [-0.2, -0.15) is 0 Å². The SMILES string of the molecule is CC(Nc1ccc([N+](=O)[O-])cc1Cl)c1cccc(O)c1. The molecule has 0 saturated carbocycles. The summed E-state index contributed by atoms with van der Waals surface area (Å²) in [5.41, 5.74) is 1.44. The van der Waals surface area contributed by atoms with Gasteiger partial charge in [-0.25, -0.2) is 0 Å². The molecule has 2 aromatic rings. The second-order valence-electron chi connectivity index (χ2n) is 4.38. The van der Waals surface area contributed by atoms with Gasteiger partial charge in [0.2, 0.25) is 0 Å². The fraction of sp³-hybridized carbons (Fsp3) is 0.143. The topological polar surface area (TPSA) is 75.4 Å². The minimum absolute atomic E-state index is 0.0504. The summed E-state index contributed by atoms with van der Waals surface area (Å²) in [5.74, 6) is 0.186. The third-order valence-electron chi connectivity index (χ3n) is 2.91. The molecule has 6 heteroatoms. The molecule has 104 valence electrons. The van der Waals surface area contributed by atoms with E-state index in [-0.39, 0.29) is 22.5 Å². The number of benzene rings is 2. The zero-order valence-corrected chi connectivity index (χ0v) is 11.5. The van der Waals surface area contributed by atoms with Crippen LogP contribution in [0.25, 0.3) is 0 Å². The zero-order valence-electron chi connectivity index (χ0n) is 10.7. The zero-order chi connectivity index (χ0) is 14.7. The summed E-state index contributed by atoms with van der Waals surface area (Å²) in [6.07, 6.45) is 0. The number of halogens is 1. The predicted octanol–water partition coefficient (Wildman–Crippen LogP) is 4.13. The molecule has 2 rings (SSSR count). The van der Waals surface area contributed by atoms with Crippen LogP contribution in [0.1, 0.15) is 18.5 Å². The summed E-state index contributed by atoms with van der Waals surface area (Å²) in [4.78, 5) is 10.2. The highest BCUT2D eigenvalue weighted by Gasteiger charge is 2.12. The molecule has 1 atom stereocenters. The molecule has 0 saturated heterocycles. The van der Waals surface area contributed by atoms with Gasteiger partial charge >= 0.3 is 0 Å². The first-order valence-corrected chi connectivity index (χ1v) is 6.34. The Bertz CT molecular complexity index is 646. The van der Waals surface area contributed by atoms with Crippen LogP contribution < -0.4 is 5.32 Å². The van der Waals surface area contributed by atoms with Crippen molar-refractivity contribution >= 4 is 23.0 Å². The lowest BCUT2D eigenvalue weighted by atomic mass is 10.1. The van der Waals surface area contributed by atoms with E-state index in [1.165, 1.54) is 12.1 Å². The minimum atomic E-state index is -0.492. The number of phenols is 1. The monoisotopic (exact) mass is 292 g/mol. The Kier molecular flexibility index (Phi) is 4.10. The molecule has 0 radical (unpaired) electrons. The Balaban J connectivity index is 2.19. The first-order valence-electron chi connectivity index (χ1n) is 5.97. The number of nitro benzene ring substituents is 1. The highest BCUT2D eigenvalue weighted by molar-refractivity contribution is 6.33. The van der Waals surface area contributed by atoms with Crippen LogP contribution in [0.3, 0.4) is 0 Å². The maximum atomic E-state index is 10.6. The molecule has 0 fully saturated rings. The number of aromatic hydroxyl groups is 1. The van der Waals surface area contributed by atoms with Gasteiger partial charge in [0.25, 0.3) is 5.69 Å². The minimum Gasteiger partial charge on any atom is -0.508 e. The lowest BCUT2D eigenvalue weighted by molar-refractivity contribution is -0.384. The van der Waals surface area contributed by atoms with Crippen LogP contribution in [-0.4, -0.2) is 10.0 Å². The van der Waals surface area contributed by atoms with E-state index >= 15 is 0 Å². The molecule has 2 aromatic carbocycles. The number of anilines is 1. The smallest absolute Gasteiger partial charge is 0.271 e. The lowest BCUT2D eigenvalue weighted by Gasteiger charge is -2.16. The average molecular weight is 293 g/mol. The van der Waals surface area contributed by atoms with E-state index < -0.39 is 4.92 Å². The fourth-order valence-electron chi connectivity index (χ4n) is 1.85. The van der Waals surface area contributed by atoms with Crippen LogP contribution in [-0.2, 0) is 0 Å². The van der Waals surface area contributed by atoms with E-state index in [9.17, 15) is 15.2 Å². The molecule has 0 spiro atoms. The largest absolute Gasteiger partial charge is 0.508 e. The maximum Gasteiger partial charge on any atom is 0.271 e. The van der Waals surface area contributed by atoms with E-state index in [1.807, 2.05) is 13.0 Å². The molecule has 0 aliphatic heterocycles. The number of hydrogen-bond donors (Lipinski definition) is 2. The standard InChI is InChI=1S/C14H13ClN2O3/c1-9(10-3-2-4-12(18)7-10)16-14-6-5-11(17(19)20)8-13(14)15/h2-9,16,18H,1H3. The molecule has 2 N–H and O–H groups in total. The summed E-state index contributed by atoms with van der Waals surface area (Å²) in [6, 6.07) is 11.0. The van der Waals surface area contributed by atoms with Gasteiger partial charge in [0.15, 0.2) is 0 Å². The third-order valence-corrected chi connectivity index (χ3v) is 3.22. The summed E-state index contributed by atoms with van der Waals surface area (Å²) in [5, 5.41) is 23.5. The fourth-order valence-corrected chi connectivity index (χ4v) is 2.07. The number of phenolic OH excluding ortho intramolecular Hbond substituents is 1. The highest BCUT2D eigenvalue weighted by atomic mass is 35.5. The molecular formula is C14H13ClN2O3. The normalized spacial score (nSPS) is 11.9. The Morgan fingerprint density at radius 2 is 2.05 bits per heavy atom. The van der Waals surface area contributed by atoms with Crippen LogP contribution in [0.5, 0.6) is 5.75 Å². The van der Waals surface area contributed by atoms with Gasteiger partial charge in [-0.05, 0) is 30.7 Å². The summed E-state index contributed by atoms with van der Waals surface area (Å²) in [7, 11) is 0. The Hall–Kier alpha value is -2.27. The molecule has 0 heterocycles. The molecular weight excluding hydrogens is 280 g/mol. The first kappa shape index (κ1) is 14.1. The van der Waals surface area contributed by atoms with E-state index in [0.29, 0.717) is 5.69 Å². The van der Waals surface area contributed by atoms with Gasteiger partial charge in [0.05, 0.1) is 15.6 Å². The van der Waals surface area contributed by atoms with Crippen LogP contribution in [0, 0.1) is 10.1 Å². The van der Waals surface area contributed by atoms with Gasteiger partial charge in [-0.15, -0.1) is 0 Å². The van der Waals surface area contributed by atoms with Crippen LogP contribution >= 0.6 is 11.6 Å². The van der Waals surface area contributed by atoms with E-state index in [1.54, 1.807) is 24.3 Å². The van der Waals surface area contributed by atoms with Crippen molar-refractivity contribution in [3.8, 4) is 5.75 Å². The van der Waals surface area contributed by atoms with Crippen LogP contribution in [0.15, 0.2) is 42.5 Å². The van der Waals surface area contributed by atoms with Crippen molar-refractivity contribution in [3.05, 3.63) is 63.2 Å². The molecule has 0 aliphatic carbocycles. The van der Waals surface area contributed by atoms with E-state index in [4.69, 9.17) is 11.6 Å². The first-order chi connectivity index (χ1) is 9.47. The summed E-state index contributed by atoms with van der Waals surface area (Å²) < 4.78 is 0. The van der Waals surface area contributed by atoms with Crippen molar-refractivity contribution in [1.29, 1.82) is 0 Å². The lowest BCUT2D eigenvalue weighted by Crippen LogP contribution is -2.07. The number of hydrogen-bond acceptors (Lipinski definition) is 4. The molecule has 1 unspecified atom stereocenters. The summed E-state index contributed by atoms with van der Waals surface area (Å²) in [6.45, 7) is 1.91. The molecule has 0 aliphatic rings. The number of non-ortho nitro benzene ring substituents is 1. The number of nitro groups is 1. The van der Waals surface area contributed by atoms with Crippen molar-refractivity contribution in [1.82, 2.24) is 0 Å². The molecule has 20 heavy (non-hydrogen) atoms. The van der Waals surface area contributed by atoms with Gasteiger partial charge in [0.1, 0.15) is 5.75 Å². The molecule has 0 aromatic heterocycles. The van der Waals surface area contributed by atoms with Crippen LogP contribution in [0.4, 0.5) is 11.4 Å². The Morgan fingerprint density at radius 3 is 2.65 bits per heavy atom. The number of nitrogens with zero attached hydrogens (tertiary/aromatic N) is 1. The van der Waals surface area contributed by atoms with Crippen LogP contribution in [0.2, 0.25) is 5.02 Å². The highest BCUT2D eigenvalue weighted by Crippen LogP contribution is 2.30. The van der Waals surface area contributed by atoms with Gasteiger partial charge in [-0.3, -0.25) is 10.1 Å². The quantitative estimate of drug-likeness (QED) is 0.656. The van der Waals surface area contributed by atoms with Gasteiger partial charge in [0, 0.05) is 18.2 Å². The molecule has 0 amide bonds. The summed E-state index contributed by atoms with van der Waals surface area (Å²) >= 11 is 6.02. The molecule has 0 bridgehead atoms. The van der Waals surface area contributed by atoms with Crippen molar-refractivity contribution in [2.75, 3.05) is 5.32 Å². The second-order valence-corrected chi connectivity index (χ2v) is 4.79. The number of rotatable bonds is 4. The van der Waals surface area contributed by atoms with Gasteiger partial charge in [-0.1, -0.05) is 23.7 Å². The predicted molar refractivity (Wildman–Crippen MR) is 78.3 cm³/mol.